The third-order valence-corrected chi connectivity index (χ3v) is 3.60. The van der Waals surface area contributed by atoms with Crippen LogP contribution in [-0.2, 0) is 0 Å². The molecule has 1 fully saturated rings. The van der Waals surface area contributed by atoms with Gasteiger partial charge in [-0.05, 0) is 30.1 Å². The van der Waals surface area contributed by atoms with Gasteiger partial charge in [0.2, 0.25) is 0 Å². The summed E-state index contributed by atoms with van der Waals surface area (Å²) in [7, 11) is 0. The van der Waals surface area contributed by atoms with Crippen LogP contribution in [0.1, 0.15) is 40.5 Å². The Morgan fingerprint density at radius 2 is 2.18 bits per heavy atom. The largest absolute Gasteiger partial charge is 0.0664 e. The zero-order valence-electron chi connectivity index (χ0n) is 8.07. The van der Waals surface area contributed by atoms with E-state index in [-0.39, 0.29) is 0 Å². The Morgan fingerprint density at radius 1 is 1.55 bits per heavy atom. The molecule has 0 aromatic rings. The fourth-order valence-corrected chi connectivity index (χ4v) is 2.53. The summed E-state index contributed by atoms with van der Waals surface area (Å²) >= 11 is 0. The summed E-state index contributed by atoms with van der Waals surface area (Å²) in [6.45, 7) is 9.45. The van der Waals surface area contributed by atoms with Crippen molar-refractivity contribution in [2.24, 2.45) is 17.3 Å². The summed E-state index contributed by atoms with van der Waals surface area (Å²) in [6, 6.07) is 0. The minimum Gasteiger partial charge on any atom is -0.0664 e. The van der Waals surface area contributed by atoms with Crippen molar-refractivity contribution in [3.05, 3.63) is 11.1 Å². The molecule has 0 radical (unpaired) electrons. The summed E-state index contributed by atoms with van der Waals surface area (Å²) in [5.41, 5.74) is 4.28. The molecule has 11 heavy (non-hydrogen) atoms. The molecule has 2 aliphatic rings. The molecule has 0 aromatic carbocycles. The van der Waals surface area contributed by atoms with Crippen molar-refractivity contribution in [3.63, 3.8) is 0 Å². The molecule has 0 spiro atoms. The molecule has 2 rings (SSSR count). The molecule has 0 bridgehead atoms. The van der Waals surface area contributed by atoms with Crippen LogP contribution in [-0.4, -0.2) is 0 Å². The van der Waals surface area contributed by atoms with Crippen LogP contribution in [0.2, 0.25) is 0 Å². The van der Waals surface area contributed by atoms with Crippen molar-refractivity contribution >= 4 is 0 Å². The highest BCUT2D eigenvalue weighted by Crippen LogP contribution is 2.70. The summed E-state index contributed by atoms with van der Waals surface area (Å²) in [5.74, 6) is 1.75. The van der Waals surface area contributed by atoms with Crippen molar-refractivity contribution in [1.82, 2.24) is 0 Å². The van der Waals surface area contributed by atoms with E-state index >= 15 is 0 Å². The van der Waals surface area contributed by atoms with E-state index < -0.39 is 0 Å². The normalized spacial score (nSPS) is 40.6. The third kappa shape index (κ3) is 0.816. The van der Waals surface area contributed by atoms with Gasteiger partial charge in [-0.15, -0.1) is 0 Å². The van der Waals surface area contributed by atoms with E-state index in [1.165, 1.54) is 12.8 Å². The maximum Gasteiger partial charge on any atom is -0.00130 e. The van der Waals surface area contributed by atoms with Crippen LogP contribution >= 0.6 is 0 Å². The molecule has 1 saturated carbocycles. The van der Waals surface area contributed by atoms with E-state index in [1.54, 1.807) is 11.1 Å². The quantitative estimate of drug-likeness (QED) is 0.529. The van der Waals surface area contributed by atoms with Gasteiger partial charge in [-0.25, -0.2) is 0 Å². The van der Waals surface area contributed by atoms with Crippen LogP contribution in [0.15, 0.2) is 11.1 Å². The lowest BCUT2D eigenvalue weighted by molar-refractivity contribution is 0.373. The average Bonchev–Trinajstić information content (AvgIpc) is 2.54. The predicted octanol–water partition coefficient (Wildman–Crippen LogP) is 3.39. The number of hydrogen-bond donors (Lipinski definition) is 0. The minimum absolute atomic E-state index is 0.685. The summed E-state index contributed by atoms with van der Waals surface area (Å²) in [4.78, 5) is 0. The predicted molar refractivity (Wildman–Crippen MR) is 48.4 cm³/mol. The van der Waals surface area contributed by atoms with Crippen LogP contribution in [0, 0.1) is 17.3 Å². The molecule has 0 N–H and O–H groups in total. The summed E-state index contributed by atoms with van der Waals surface area (Å²) < 4.78 is 0. The lowest BCUT2D eigenvalue weighted by Gasteiger charge is -2.31. The first-order valence-electron chi connectivity index (χ1n) is 4.78. The highest BCUT2D eigenvalue weighted by Gasteiger charge is 2.59. The van der Waals surface area contributed by atoms with Gasteiger partial charge in [-0.1, -0.05) is 38.8 Å². The van der Waals surface area contributed by atoms with Gasteiger partial charge in [0.1, 0.15) is 0 Å². The van der Waals surface area contributed by atoms with Crippen molar-refractivity contribution in [3.8, 4) is 0 Å². The topological polar surface area (TPSA) is 0 Å². The van der Waals surface area contributed by atoms with E-state index in [4.69, 9.17) is 0 Å². The van der Waals surface area contributed by atoms with Crippen LogP contribution in [0.5, 0.6) is 0 Å². The van der Waals surface area contributed by atoms with Crippen molar-refractivity contribution in [2.75, 3.05) is 0 Å². The van der Waals surface area contributed by atoms with Crippen LogP contribution in [0.3, 0.4) is 0 Å². The second kappa shape index (κ2) is 1.91. The summed E-state index contributed by atoms with van der Waals surface area (Å²) in [6.07, 6.45) is 2.77. The molecule has 0 aromatic heterocycles. The van der Waals surface area contributed by atoms with Crippen LogP contribution < -0.4 is 0 Å². The fourth-order valence-electron chi connectivity index (χ4n) is 2.53. The molecule has 0 heteroatoms. The molecule has 62 valence electrons. The standard InChI is InChI=1S/C11H18/c1-7(2)5-9-8(3)11(4)6-10(9)11/h7-8H,5-6H2,1-4H3. The second-order valence-electron chi connectivity index (χ2n) is 4.92. The van der Waals surface area contributed by atoms with Crippen molar-refractivity contribution in [2.45, 2.75) is 40.5 Å². The minimum atomic E-state index is 0.685. The summed E-state index contributed by atoms with van der Waals surface area (Å²) in [5, 5.41) is 0. The molecule has 2 unspecified atom stereocenters. The Labute approximate surface area is 69.7 Å². The third-order valence-electron chi connectivity index (χ3n) is 3.60. The van der Waals surface area contributed by atoms with E-state index in [0.29, 0.717) is 5.41 Å². The van der Waals surface area contributed by atoms with E-state index in [9.17, 15) is 0 Å². The van der Waals surface area contributed by atoms with Gasteiger partial charge in [0.15, 0.2) is 0 Å². The number of fused-ring (bicyclic) bond motifs is 1. The Balaban J connectivity index is 2.08. The smallest absolute Gasteiger partial charge is 0.00130 e. The molecule has 0 aliphatic heterocycles. The molecule has 0 nitrogen and oxygen atoms in total. The zero-order valence-corrected chi connectivity index (χ0v) is 8.07. The first-order chi connectivity index (χ1) is 5.05. The van der Waals surface area contributed by atoms with E-state index in [1.807, 2.05) is 0 Å². The number of rotatable bonds is 2. The first-order valence-corrected chi connectivity index (χ1v) is 4.78. The fraction of sp³-hybridized carbons (Fsp3) is 0.818. The van der Waals surface area contributed by atoms with Crippen molar-refractivity contribution < 1.29 is 0 Å². The van der Waals surface area contributed by atoms with Gasteiger partial charge in [-0.2, -0.15) is 0 Å². The van der Waals surface area contributed by atoms with Gasteiger partial charge in [0.25, 0.3) is 0 Å². The van der Waals surface area contributed by atoms with E-state index in [2.05, 4.69) is 27.7 Å². The van der Waals surface area contributed by atoms with Gasteiger partial charge in [0.05, 0.1) is 0 Å². The van der Waals surface area contributed by atoms with Gasteiger partial charge >= 0.3 is 0 Å². The Morgan fingerprint density at radius 3 is 2.55 bits per heavy atom. The Bertz CT molecular complexity index is 222. The maximum absolute atomic E-state index is 2.41. The van der Waals surface area contributed by atoms with E-state index in [0.717, 1.165) is 11.8 Å². The van der Waals surface area contributed by atoms with Crippen LogP contribution in [0.4, 0.5) is 0 Å². The number of allylic oxidation sites excluding steroid dienone is 2. The SMILES string of the molecule is CC(C)CC1=C2CC2(C)C1C. The van der Waals surface area contributed by atoms with Gasteiger partial charge in [-0.3, -0.25) is 0 Å². The molecule has 2 aliphatic carbocycles. The monoisotopic (exact) mass is 150 g/mol. The molecule has 0 heterocycles. The molecule has 0 amide bonds. The first kappa shape index (κ1) is 7.39. The molecular formula is C11H18. The lowest BCUT2D eigenvalue weighted by Crippen LogP contribution is -2.21. The second-order valence-corrected chi connectivity index (χ2v) is 4.92. The Kier molecular flexibility index (Phi) is 1.28. The lowest BCUT2D eigenvalue weighted by atomic mass is 9.73. The van der Waals surface area contributed by atoms with Crippen LogP contribution in [0.25, 0.3) is 0 Å². The van der Waals surface area contributed by atoms with Crippen molar-refractivity contribution in [1.29, 1.82) is 0 Å². The highest BCUT2D eigenvalue weighted by molar-refractivity contribution is 5.50. The van der Waals surface area contributed by atoms with Gasteiger partial charge < -0.3 is 0 Å². The number of hydrogen-bond acceptors (Lipinski definition) is 0. The molecule has 2 atom stereocenters. The average molecular weight is 150 g/mol. The highest BCUT2D eigenvalue weighted by atomic mass is 14.6. The molecule has 0 saturated heterocycles. The zero-order chi connectivity index (χ0) is 8.22. The molecular weight excluding hydrogens is 132 g/mol. The van der Waals surface area contributed by atoms with Gasteiger partial charge in [0, 0.05) is 0 Å². The maximum atomic E-state index is 2.41. The Hall–Kier alpha value is -0.260.